The van der Waals surface area contributed by atoms with E-state index in [0.717, 1.165) is 36.9 Å². The molecule has 50 heavy (non-hydrogen) atoms. The first kappa shape index (κ1) is 33.9. The summed E-state index contributed by atoms with van der Waals surface area (Å²) in [6, 6.07) is 0. The summed E-state index contributed by atoms with van der Waals surface area (Å²) in [5.74, 6) is -2.88. The van der Waals surface area contributed by atoms with Crippen molar-refractivity contribution in [2.24, 2.45) is 58.2 Å². The molecule has 16 atom stereocenters. The van der Waals surface area contributed by atoms with Gasteiger partial charge in [-0.1, -0.05) is 25.2 Å². The van der Waals surface area contributed by atoms with Gasteiger partial charge in [-0.3, -0.25) is 0 Å². The van der Waals surface area contributed by atoms with Crippen LogP contribution in [0.1, 0.15) is 77.6 Å². The number of allylic oxidation sites excluding steroid dienone is 3. The number of hydrogen-bond acceptors (Lipinski definition) is 10. The Bertz CT molecular complexity index is 1560. The average Bonchev–Trinajstić information content (AvgIpc) is 3.46. The summed E-state index contributed by atoms with van der Waals surface area (Å²) in [5, 5.41) is 71.9. The Labute approximate surface area is 294 Å². The fraction of sp³-hybridized carbons (Fsp3) is 0.800. The maximum Gasteiger partial charge on any atom is 0.332 e. The topological polar surface area (TPSA) is 169 Å². The monoisotopic (exact) mass is 692 g/mol. The van der Waals surface area contributed by atoms with Crippen molar-refractivity contribution in [2.75, 3.05) is 26.7 Å². The molecule has 10 nitrogen and oxygen atoms in total. The molecule has 7 N–H and O–H groups in total. The molecule has 0 aromatic heterocycles. The number of aliphatic hydroxyl groups excluding tert-OH is 2. The fourth-order valence-electron chi connectivity index (χ4n) is 15.0. The minimum Gasteiger partial charge on any atom is -0.447 e. The largest absolute Gasteiger partial charge is 0.447 e. The van der Waals surface area contributed by atoms with Gasteiger partial charge in [0, 0.05) is 48.9 Å². The van der Waals surface area contributed by atoms with E-state index in [9.17, 15) is 35.1 Å². The predicted molar refractivity (Wildman–Crippen MR) is 183 cm³/mol. The molecule has 0 radical (unpaired) electrons. The molecule has 1 aliphatic heterocycles. The molecule has 2 bridgehead atoms. The van der Waals surface area contributed by atoms with Crippen LogP contribution in [-0.4, -0.2) is 99.1 Å². The lowest BCUT2D eigenvalue weighted by atomic mass is 9.35. The van der Waals surface area contributed by atoms with E-state index in [2.05, 4.69) is 35.8 Å². The molecule has 0 amide bonds. The van der Waals surface area contributed by atoms with Crippen LogP contribution in [0.15, 0.2) is 35.5 Å². The second-order valence-electron chi connectivity index (χ2n) is 18.1. The van der Waals surface area contributed by atoms with Gasteiger partial charge in [-0.15, -0.1) is 0 Å². The van der Waals surface area contributed by atoms with Crippen LogP contribution in [0.25, 0.3) is 0 Å². The minimum absolute atomic E-state index is 0.0789. The maximum atomic E-state index is 13.9. The molecular weight excluding hydrogens is 636 g/mol. The highest BCUT2D eigenvalue weighted by molar-refractivity contribution is 5.88. The van der Waals surface area contributed by atoms with Crippen LogP contribution in [0.2, 0.25) is 0 Å². The number of carbonyl (C=O) groups is 2. The average molecular weight is 693 g/mol. The molecule has 8 aliphatic carbocycles. The summed E-state index contributed by atoms with van der Waals surface area (Å²) in [6.07, 6.45) is 11.9. The molecular formula is C40H56N2O8. The molecule has 0 saturated heterocycles. The number of esters is 1. The lowest BCUT2D eigenvalue weighted by Gasteiger charge is -2.73. The van der Waals surface area contributed by atoms with E-state index in [1.807, 2.05) is 7.05 Å². The molecule has 0 aromatic carbocycles. The molecule has 9 aliphatic rings. The van der Waals surface area contributed by atoms with Crippen molar-refractivity contribution in [3.8, 4) is 0 Å². The van der Waals surface area contributed by atoms with Crippen LogP contribution in [0.5, 0.6) is 0 Å². The van der Waals surface area contributed by atoms with E-state index in [0.29, 0.717) is 57.9 Å². The molecule has 6 fully saturated rings. The highest BCUT2D eigenvalue weighted by Crippen LogP contribution is 2.78. The Morgan fingerprint density at radius 1 is 1.00 bits per heavy atom. The number of likely N-dealkylation sites (N-methyl/N-ethyl adjacent to an activating group) is 1. The zero-order valence-electron chi connectivity index (χ0n) is 29.5. The van der Waals surface area contributed by atoms with Gasteiger partial charge in [0.2, 0.25) is 0 Å². The van der Waals surface area contributed by atoms with E-state index in [1.165, 1.54) is 0 Å². The molecule has 274 valence electrons. The lowest BCUT2D eigenvalue weighted by molar-refractivity contribution is -0.375. The van der Waals surface area contributed by atoms with Gasteiger partial charge in [-0.2, -0.15) is 0 Å². The van der Waals surface area contributed by atoms with Crippen molar-refractivity contribution in [1.29, 1.82) is 0 Å². The standard InChI is InChI=1S/C40H56N2O8/c1-22-5-3-6-23-16-27-30(44)7-11-36(21-43)31-8-12-35-9-4-10-37-25(20-42-14-13-41-2)15-24(33(35)28(37)18-32(45)50-37)19-38(35,47)40(31,49)34(46)29(17-26(22)23)39(27,36)48/h3,6,15,18,21-24,26-27,29-31,33-34,41-42,44,46-49H,4-5,7-14,16-17,19-20H2,1-2H3. The third-order valence-corrected chi connectivity index (χ3v) is 16.8. The van der Waals surface area contributed by atoms with Gasteiger partial charge in [0.05, 0.1) is 23.2 Å². The second-order valence-corrected chi connectivity index (χ2v) is 18.1. The van der Waals surface area contributed by atoms with Crippen LogP contribution >= 0.6 is 0 Å². The van der Waals surface area contributed by atoms with Gasteiger partial charge in [0.15, 0.2) is 5.60 Å². The Kier molecular flexibility index (Phi) is 7.49. The molecule has 0 aromatic rings. The van der Waals surface area contributed by atoms with Crippen molar-refractivity contribution in [1.82, 2.24) is 10.6 Å². The van der Waals surface area contributed by atoms with Crippen molar-refractivity contribution >= 4 is 12.3 Å². The molecule has 1 heterocycles. The Balaban J connectivity index is 1.21. The SMILES string of the molecule is CNCCNCC1=CC2CC3(O)C4(CCCC15OC(=O)C=C5C24)CCC1C2(C=O)CCC(O)C4CC5C=CCC(C)C5CC(C(O)C13O)C42O. The van der Waals surface area contributed by atoms with Crippen LogP contribution < -0.4 is 10.6 Å². The lowest BCUT2D eigenvalue weighted by Crippen LogP contribution is -2.85. The Hall–Kier alpha value is -1.92. The van der Waals surface area contributed by atoms with Crippen LogP contribution in [0.4, 0.5) is 0 Å². The van der Waals surface area contributed by atoms with Gasteiger partial charge in [-0.25, -0.2) is 4.79 Å². The maximum absolute atomic E-state index is 13.9. The van der Waals surface area contributed by atoms with Gasteiger partial charge in [0.1, 0.15) is 17.5 Å². The van der Waals surface area contributed by atoms with E-state index >= 15 is 0 Å². The summed E-state index contributed by atoms with van der Waals surface area (Å²) in [6.45, 7) is 4.23. The van der Waals surface area contributed by atoms with E-state index in [-0.39, 0.29) is 48.4 Å². The van der Waals surface area contributed by atoms with Gasteiger partial charge in [0.25, 0.3) is 0 Å². The Morgan fingerprint density at radius 2 is 1.82 bits per heavy atom. The third-order valence-electron chi connectivity index (χ3n) is 16.8. The number of hydrogen-bond donors (Lipinski definition) is 7. The molecule has 1 spiro atoms. The zero-order valence-corrected chi connectivity index (χ0v) is 29.5. The van der Waals surface area contributed by atoms with Crippen molar-refractivity contribution in [3.05, 3.63) is 35.5 Å². The first-order valence-electron chi connectivity index (χ1n) is 19.6. The van der Waals surface area contributed by atoms with Crippen LogP contribution in [0, 0.1) is 58.2 Å². The van der Waals surface area contributed by atoms with Gasteiger partial charge >= 0.3 is 5.97 Å². The number of ether oxygens (including phenoxy) is 1. The first-order chi connectivity index (χ1) is 23.9. The number of rotatable bonds is 6. The van der Waals surface area contributed by atoms with Gasteiger partial charge in [-0.05, 0) is 118 Å². The smallest absolute Gasteiger partial charge is 0.332 e. The Morgan fingerprint density at radius 3 is 2.60 bits per heavy atom. The minimum atomic E-state index is -2.10. The summed E-state index contributed by atoms with van der Waals surface area (Å²) in [5.41, 5.74) is -6.97. The molecule has 6 saturated carbocycles. The van der Waals surface area contributed by atoms with E-state index < -0.39 is 63.2 Å². The second kappa shape index (κ2) is 11.1. The van der Waals surface area contributed by atoms with Crippen LogP contribution in [0.3, 0.4) is 0 Å². The van der Waals surface area contributed by atoms with E-state index in [4.69, 9.17) is 4.74 Å². The number of aldehydes is 1. The summed E-state index contributed by atoms with van der Waals surface area (Å²) in [7, 11) is 1.90. The van der Waals surface area contributed by atoms with E-state index in [1.54, 1.807) is 6.08 Å². The van der Waals surface area contributed by atoms with Crippen molar-refractivity contribution in [2.45, 2.75) is 112 Å². The number of carbonyl (C=O) groups excluding carboxylic acids is 2. The third kappa shape index (κ3) is 3.75. The highest BCUT2D eigenvalue weighted by Gasteiger charge is 2.85. The van der Waals surface area contributed by atoms with Crippen LogP contribution in [-0.2, 0) is 14.3 Å². The number of nitrogens with one attached hydrogen (secondary N) is 2. The highest BCUT2D eigenvalue weighted by atomic mass is 16.6. The van der Waals surface area contributed by atoms with Crippen molar-refractivity contribution < 1.29 is 39.9 Å². The predicted octanol–water partition coefficient (Wildman–Crippen LogP) is 1.94. The van der Waals surface area contributed by atoms with Gasteiger partial charge < -0.3 is 45.7 Å². The normalized spacial score (nSPS) is 55.5. The zero-order chi connectivity index (χ0) is 35.1. The quantitative estimate of drug-likeness (QED) is 0.0946. The molecule has 16 unspecified atom stereocenters. The summed E-state index contributed by atoms with van der Waals surface area (Å²) < 4.78 is 6.26. The molecule has 9 rings (SSSR count). The fourth-order valence-corrected chi connectivity index (χ4v) is 15.0. The number of fused-ring (bicyclic) bond motifs is 4. The summed E-state index contributed by atoms with van der Waals surface area (Å²) >= 11 is 0. The van der Waals surface area contributed by atoms with Crippen molar-refractivity contribution in [3.63, 3.8) is 0 Å². The number of aliphatic hydroxyl groups is 5. The molecule has 10 heteroatoms. The first-order valence-corrected chi connectivity index (χ1v) is 19.6. The summed E-state index contributed by atoms with van der Waals surface area (Å²) in [4.78, 5) is 27.1.